The molecular formula is C30H25F6N5O. The molecule has 2 aromatic heterocycles. The number of hydrogen-bond donors (Lipinski definition) is 1. The summed E-state index contributed by atoms with van der Waals surface area (Å²) in [6.45, 7) is 0.497. The Morgan fingerprint density at radius 3 is 2.33 bits per heavy atom. The van der Waals surface area contributed by atoms with E-state index in [0.717, 1.165) is 27.6 Å². The van der Waals surface area contributed by atoms with E-state index in [2.05, 4.69) is 19.9 Å². The molecule has 6 nitrogen and oxygen atoms in total. The summed E-state index contributed by atoms with van der Waals surface area (Å²) in [6.07, 6.45) is 0.243. The SMILES string of the molecule is O=C(c1cc(C(F)(F)F)cc(C(F)(F)F)c1)N1C[C@H]2CCC(c3cncnc3)=CN2C[C@H]1Cc1c[nH]c2ccccc12. The van der Waals surface area contributed by atoms with E-state index in [4.69, 9.17) is 0 Å². The largest absolute Gasteiger partial charge is 0.416 e. The summed E-state index contributed by atoms with van der Waals surface area (Å²) in [4.78, 5) is 28.8. The number of aromatic amines is 1. The molecule has 2 aromatic carbocycles. The number of rotatable bonds is 4. The average Bonchev–Trinajstić information content (AvgIpc) is 3.38. The molecular weight excluding hydrogens is 560 g/mol. The molecule has 1 amide bonds. The normalized spacial score (nSPS) is 19.5. The quantitative estimate of drug-likeness (QED) is 0.275. The molecule has 2 atom stereocenters. The zero-order valence-corrected chi connectivity index (χ0v) is 22.1. The molecule has 2 aliphatic heterocycles. The molecule has 1 fully saturated rings. The summed E-state index contributed by atoms with van der Waals surface area (Å²) in [5.41, 5.74) is 0.00519. The monoisotopic (exact) mass is 585 g/mol. The third-order valence-corrected chi connectivity index (χ3v) is 7.96. The van der Waals surface area contributed by atoms with Gasteiger partial charge in [0.1, 0.15) is 6.33 Å². The molecule has 0 aliphatic carbocycles. The van der Waals surface area contributed by atoms with Crippen molar-refractivity contribution in [3.05, 3.63) is 101 Å². The van der Waals surface area contributed by atoms with Crippen LogP contribution in [0.25, 0.3) is 16.5 Å². The predicted molar refractivity (Wildman–Crippen MR) is 143 cm³/mol. The molecule has 2 aliphatic rings. The first kappa shape index (κ1) is 27.8. The van der Waals surface area contributed by atoms with E-state index in [0.29, 0.717) is 37.9 Å². The molecule has 0 unspecified atom stereocenters. The van der Waals surface area contributed by atoms with E-state index < -0.39 is 41.0 Å². The summed E-state index contributed by atoms with van der Waals surface area (Å²) in [5.74, 6) is -0.859. The number of carbonyl (C=O) groups is 1. The van der Waals surface area contributed by atoms with Crippen LogP contribution in [-0.2, 0) is 18.8 Å². The van der Waals surface area contributed by atoms with Gasteiger partial charge in [-0.1, -0.05) is 18.2 Å². The second-order valence-corrected chi connectivity index (χ2v) is 10.6. The second kappa shape index (κ2) is 10.5. The van der Waals surface area contributed by atoms with Gasteiger partial charge >= 0.3 is 12.4 Å². The molecule has 0 bridgehead atoms. The second-order valence-electron chi connectivity index (χ2n) is 10.6. The van der Waals surface area contributed by atoms with Crippen LogP contribution in [0.2, 0.25) is 0 Å². The number of H-pyrrole nitrogens is 1. The van der Waals surface area contributed by atoms with E-state index in [9.17, 15) is 31.1 Å². The number of halogens is 6. The van der Waals surface area contributed by atoms with Crippen molar-refractivity contribution >= 4 is 22.4 Å². The zero-order valence-electron chi connectivity index (χ0n) is 22.1. The molecule has 4 aromatic rings. The smallest absolute Gasteiger partial charge is 0.370 e. The predicted octanol–water partition coefficient (Wildman–Crippen LogP) is 6.57. The fraction of sp³-hybridized carbons (Fsp3) is 0.300. The van der Waals surface area contributed by atoms with Gasteiger partial charge in [-0.25, -0.2) is 9.97 Å². The third-order valence-electron chi connectivity index (χ3n) is 7.96. The summed E-state index contributed by atoms with van der Waals surface area (Å²) in [7, 11) is 0. The highest BCUT2D eigenvalue weighted by Crippen LogP contribution is 2.38. The summed E-state index contributed by atoms with van der Waals surface area (Å²) in [6, 6.07) is 7.97. The van der Waals surface area contributed by atoms with Gasteiger partial charge < -0.3 is 14.8 Å². The molecule has 12 heteroatoms. The lowest BCUT2D eigenvalue weighted by Crippen LogP contribution is -2.59. The Morgan fingerprint density at radius 2 is 1.64 bits per heavy atom. The molecule has 42 heavy (non-hydrogen) atoms. The van der Waals surface area contributed by atoms with Crippen molar-refractivity contribution in [3.63, 3.8) is 0 Å². The number of alkyl halides is 6. The van der Waals surface area contributed by atoms with Gasteiger partial charge in [0, 0.05) is 66.0 Å². The number of nitrogens with one attached hydrogen (secondary N) is 1. The summed E-state index contributed by atoms with van der Waals surface area (Å²) >= 11 is 0. The number of para-hydroxylation sites is 1. The molecule has 0 saturated carbocycles. The Balaban J connectivity index is 1.38. The number of piperazine rings is 1. The molecule has 1 saturated heterocycles. The maximum Gasteiger partial charge on any atom is 0.416 e. The van der Waals surface area contributed by atoms with E-state index in [1.807, 2.05) is 36.7 Å². The Hall–Kier alpha value is -4.35. The highest BCUT2D eigenvalue weighted by Gasteiger charge is 2.41. The van der Waals surface area contributed by atoms with Gasteiger partial charge in [0.05, 0.1) is 17.2 Å². The Morgan fingerprint density at radius 1 is 0.952 bits per heavy atom. The van der Waals surface area contributed by atoms with Crippen LogP contribution in [0, 0.1) is 0 Å². The first-order chi connectivity index (χ1) is 20.0. The number of carbonyl (C=O) groups excluding carboxylic acids is 1. The minimum Gasteiger partial charge on any atom is -0.370 e. The van der Waals surface area contributed by atoms with Crippen molar-refractivity contribution in [2.75, 3.05) is 13.1 Å². The molecule has 0 radical (unpaired) electrons. The van der Waals surface area contributed by atoms with E-state index in [1.165, 1.54) is 11.2 Å². The van der Waals surface area contributed by atoms with Gasteiger partial charge in [0.2, 0.25) is 0 Å². The van der Waals surface area contributed by atoms with Crippen LogP contribution in [-0.4, -0.2) is 55.8 Å². The first-order valence-electron chi connectivity index (χ1n) is 13.3. The Bertz CT molecular complexity index is 1610. The number of allylic oxidation sites excluding steroid dienone is 1. The fourth-order valence-electron chi connectivity index (χ4n) is 5.88. The lowest BCUT2D eigenvalue weighted by Gasteiger charge is -2.48. The Labute approximate surface area is 236 Å². The van der Waals surface area contributed by atoms with Crippen LogP contribution < -0.4 is 0 Å². The van der Waals surface area contributed by atoms with Crippen LogP contribution in [0.15, 0.2) is 73.6 Å². The van der Waals surface area contributed by atoms with Crippen LogP contribution in [0.3, 0.4) is 0 Å². The summed E-state index contributed by atoms with van der Waals surface area (Å²) in [5, 5.41) is 0.932. The maximum atomic E-state index is 13.9. The topological polar surface area (TPSA) is 65.1 Å². The molecule has 6 rings (SSSR count). The standard InChI is InChI=1S/C30H25F6N5O/c31-29(32,33)22-7-19(8-23(10-22)30(34,35)36)28(42)41-16-24-6-5-18(21-11-37-17-38-12-21)14-40(24)15-25(41)9-20-13-39-27-4-2-1-3-26(20)27/h1-4,7-8,10-14,17,24-25,39H,5-6,9,15-16H2/t24-,25-/m1/s1. The van der Waals surface area contributed by atoms with E-state index >= 15 is 0 Å². The van der Waals surface area contributed by atoms with Crippen molar-refractivity contribution in [2.45, 2.75) is 43.7 Å². The van der Waals surface area contributed by atoms with Crippen LogP contribution >= 0.6 is 0 Å². The number of nitrogens with zero attached hydrogens (tertiary/aromatic N) is 4. The van der Waals surface area contributed by atoms with Gasteiger partial charge in [-0.05, 0) is 54.7 Å². The van der Waals surface area contributed by atoms with Crippen LogP contribution in [0.4, 0.5) is 26.3 Å². The first-order valence-corrected chi connectivity index (χ1v) is 13.3. The van der Waals surface area contributed by atoms with E-state index in [1.54, 1.807) is 12.4 Å². The van der Waals surface area contributed by atoms with Gasteiger partial charge in [0.15, 0.2) is 0 Å². The average molecular weight is 586 g/mol. The third kappa shape index (κ3) is 5.45. The van der Waals surface area contributed by atoms with Crippen molar-refractivity contribution < 1.29 is 31.1 Å². The molecule has 1 N–H and O–H groups in total. The fourth-order valence-corrected chi connectivity index (χ4v) is 5.88. The van der Waals surface area contributed by atoms with Crippen LogP contribution in [0.1, 0.15) is 45.5 Å². The number of fused-ring (bicyclic) bond motifs is 2. The van der Waals surface area contributed by atoms with Gasteiger partial charge in [-0.2, -0.15) is 26.3 Å². The highest BCUT2D eigenvalue weighted by molar-refractivity contribution is 5.95. The molecule has 218 valence electrons. The minimum absolute atomic E-state index is 0.0406. The van der Waals surface area contributed by atoms with Crippen molar-refractivity contribution in [1.82, 2.24) is 24.8 Å². The van der Waals surface area contributed by atoms with Gasteiger partial charge in [-0.15, -0.1) is 0 Å². The highest BCUT2D eigenvalue weighted by atomic mass is 19.4. The number of hydrogen-bond acceptors (Lipinski definition) is 4. The summed E-state index contributed by atoms with van der Waals surface area (Å²) < 4.78 is 81.6. The van der Waals surface area contributed by atoms with Crippen molar-refractivity contribution in [3.8, 4) is 0 Å². The molecule has 4 heterocycles. The van der Waals surface area contributed by atoms with Gasteiger partial charge in [-0.3, -0.25) is 4.79 Å². The van der Waals surface area contributed by atoms with Crippen LogP contribution in [0.5, 0.6) is 0 Å². The number of aromatic nitrogens is 3. The van der Waals surface area contributed by atoms with E-state index in [-0.39, 0.29) is 18.7 Å². The Kier molecular flexibility index (Phi) is 6.94. The van der Waals surface area contributed by atoms with Crippen molar-refractivity contribution in [2.24, 2.45) is 0 Å². The maximum absolute atomic E-state index is 13.9. The number of benzene rings is 2. The minimum atomic E-state index is -5.05. The lowest BCUT2D eigenvalue weighted by molar-refractivity contribution is -0.143. The number of amides is 1. The lowest BCUT2D eigenvalue weighted by atomic mass is 9.91. The van der Waals surface area contributed by atoms with Crippen molar-refractivity contribution in [1.29, 1.82) is 0 Å². The zero-order chi connectivity index (χ0) is 29.6. The van der Waals surface area contributed by atoms with Gasteiger partial charge in [0.25, 0.3) is 5.91 Å². The molecule has 0 spiro atoms.